The fourth-order valence-corrected chi connectivity index (χ4v) is 4.05. The van der Waals surface area contributed by atoms with Gasteiger partial charge < -0.3 is 4.74 Å². The Morgan fingerprint density at radius 2 is 2.00 bits per heavy atom. The number of hydrogen-bond acceptors (Lipinski definition) is 4. The monoisotopic (exact) mass is 294 g/mol. The molecule has 1 saturated carbocycles. The minimum atomic E-state index is -3.40. The zero-order valence-electron chi connectivity index (χ0n) is 11.4. The van der Waals surface area contributed by atoms with Gasteiger partial charge in [0.1, 0.15) is 5.75 Å². The van der Waals surface area contributed by atoms with E-state index < -0.39 is 10.0 Å². The molecule has 1 fully saturated rings. The van der Waals surface area contributed by atoms with Crippen molar-refractivity contribution in [3.05, 3.63) is 23.8 Å². The van der Waals surface area contributed by atoms with Crippen LogP contribution in [0.1, 0.15) is 37.7 Å². The summed E-state index contributed by atoms with van der Waals surface area (Å²) in [7, 11) is -1.95. The Morgan fingerprint density at radius 3 is 2.60 bits per heavy atom. The van der Waals surface area contributed by atoms with E-state index in [1.54, 1.807) is 12.1 Å². The summed E-state index contributed by atoms with van der Waals surface area (Å²) in [5.74, 6) is 0.364. The first-order valence-corrected chi connectivity index (χ1v) is 8.21. The molecule has 0 heterocycles. The molecule has 1 N–H and O–H groups in total. The van der Waals surface area contributed by atoms with Crippen molar-refractivity contribution in [1.29, 1.82) is 5.26 Å². The maximum Gasteiger partial charge on any atom is 0.235 e. The van der Waals surface area contributed by atoms with E-state index in [1.165, 1.54) is 13.2 Å². The third-order valence-electron chi connectivity index (χ3n) is 3.57. The second-order valence-corrected chi connectivity index (χ2v) is 6.89. The molecule has 0 radical (unpaired) electrons. The molecule has 0 bridgehead atoms. The van der Waals surface area contributed by atoms with Gasteiger partial charge in [-0.15, -0.1) is 0 Å². The number of benzene rings is 1. The average molecular weight is 294 g/mol. The quantitative estimate of drug-likeness (QED) is 0.925. The number of nitriles is 1. The third kappa shape index (κ3) is 3.23. The largest absolute Gasteiger partial charge is 0.495 e. The Hall–Kier alpha value is -1.74. The van der Waals surface area contributed by atoms with Crippen molar-refractivity contribution >= 4 is 15.7 Å². The van der Waals surface area contributed by atoms with E-state index in [-0.39, 0.29) is 5.25 Å². The fraction of sp³-hybridized carbons (Fsp3) is 0.500. The Balaban J connectivity index is 2.22. The lowest BCUT2D eigenvalue weighted by Crippen LogP contribution is -2.29. The first-order valence-electron chi connectivity index (χ1n) is 6.66. The molecule has 6 heteroatoms. The molecule has 0 saturated heterocycles. The second-order valence-electron chi connectivity index (χ2n) is 4.93. The van der Waals surface area contributed by atoms with E-state index in [9.17, 15) is 8.42 Å². The zero-order valence-corrected chi connectivity index (χ0v) is 12.2. The molecule has 5 nitrogen and oxygen atoms in total. The van der Waals surface area contributed by atoms with Gasteiger partial charge >= 0.3 is 0 Å². The molecule has 108 valence electrons. The summed E-state index contributed by atoms with van der Waals surface area (Å²) in [6.07, 6.45) is 4.42. The van der Waals surface area contributed by atoms with E-state index in [0.29, 0.717) is 29.8 Å². The van der Waals surface area contributed by atoms with Crippen LogP contribution in [0.4, 0.5) is 5.69 Å². The van der Waals surface area contributed by atoms with E-state index in [2.05, 4.69) is 4.72 Å². The lowest BCUT2D eigenvalue weighted by molar-refractivity contribution is 0.416. The van der Waals surface area contributed by atoms with Gasteiger partial charge in [0.25, 0.3) is 0 Å². The zero-order chi connectivity index (χ0) is 14.6. The van der Waals surface area contributed by atoms with Crippen LogP contribution in [-0.2, 0) is 10.0 Å². The Kier molecular flexibility index (Phi) is 4.50. The number of methoxy groups -OCH3 is 1. The summed E-state index contributed by atoms with van der Waals surface area (Å²) in [6, 6.07) is 6.66. The highest BCUT2D eigenvalue weighted by atomic mass is 32.2. The van der Waals surface area contributed by atoms with Crippen molar-refractivity contribution in [3.8, 4) is 11.8 Å². The summed E-state index contributed by atoms with van der Waals surface area (Å²) in [4.78, 5) is 0. The van der Waals surface area contributed by atoms with Crippen molar-refractivity contribution in [1.82, 2.24) is 0 Å². The highest BCUT2D eigenvalue weighted by Crippen LogP contribution is 2.30. The molecule has 1 aromatic carbocycles. The van der Waals surface area contributed by atoms with Gasteiger partial charge in [0.15, 0.2) is 0 Å². The van der Waals surface area contributed by atoms with Crippen molar-refractivity contribution in [2.45, 2.75) is 37.4 Å². The van der Waals surface area contributed by atoms with Gasteiger partial charge in [-0.2, -0.15) is 5.26 Å². The van der Waals surface area contributed by atoms with Crippen LogP contribution in [0.25, 0.3) is 0 Å². The van der Waals surface area contributed by atoms with Crippen LogP contribution < -0.4 is 9.46 Å². The number of nitrogens with zero attached hydrogens (tertiary/aromatic N) is 1. The molecule has 0 amide bonds. The minimum absolute atomic E-state index is 0.336. The Morgan fingerprint density at radius 1 is 1.30 bits per heavy atom. The van der Waals surface area contributed by atoms with Crippen LogP contribution in [0.5, 0.6) is 5.75 Å². The first kappa shape index (κ1) is 14.7. The molecule has 0 atom stereocenters. The van der Waals surface area contributed by atoms with Gasteiger partial charge in [-0.05, 0) is 25.0 Å². The number of rotatable bonds is 4. The van der Waals surface area contributed by atoms with Gasteiger partial charge in [0.2, 0.25) is 10.0 Å². The first-order chi connectivity index (χ1) is 9.56. The molecule has 1 aromatic rings. The molecule has 2 rings (SSSR count). The van der Waals surface area contributed by atoms with E-state index >= 15 is 0 Å². The molecular formula is C14H18N2O3S. The lowest BCUT2D eigenvalue weighted by Gasteiger charge is -2.23. The Labute approximate surface area is 119 Å². The second kappa shape index (κ2) is 6.14. The summed E-state index contributed by atoms with van der Waals surface area (Å²) < 4.78 is 32.4. The number of anilines is 1. The Bertz CT molecular complexity index is 614. The molecule has 0 spiro atoms. The van der Waals surface area contributed by atoms with Crippen LogP contribution in [0.2, 0.25) is 0 Å². The maximum absolute atomic E-state index is 12.3. The third-order valence-corrected chi connectivity index (χ3v) is 5.43. The maximum atomic E-state index is 12.3. The predicted molar refractivity (Wildman–Crippen MR) is 77.1 cm³/mol. The summed E-state index contributed by atoms with van der Waals surface area (Å²) >= 11 is 0. The summed E-state index contributed by atoms with van der Waals surface area (Å²) in [5.41, 5.74) is 0.819. The highest BCUT2D eigenvalue weighted by molar-refractivity contribution is 7.93. The van der Waals surface area contributed by atoms with E-state index in [4.69, 9.17) is 10.00 Å². The topological polar surface area (TPSA) is 79.2 Å². The van der Waals surface area contributed by atoms with Crippen LogP contribution >= 0.6 is 0 Å². The van der Waals surface area contributed by atoms with Crippen molar-refractivity contribution in [3.63, 3.8) is 0 Å². The predicted octanol–water partition coefficient (Wildman–Crippen LogP) is 2.64. The molecular weight excluding hydrogens is 276 g/mol. The number of sulfonamides is 1. The van der Waals surface area contributed by atoms with Gasteiger partial charge in [0.05, 0.1) is 29.7 Å². The molecule has 0 unspecified atom stereocenters. The lowest BCUT2D eigenvalue weighted by atomic mass is 10.0. The van der Waals surface area contributed by atoms with Crippen LogP contribution in [0, 0.1) is 11.3 Å². The molecule has 20 heavy (non-hydrogen) atoms. The normalized spacial score (nSPS) is 16.4. The van der Waals surface area contributed by atoms with Gasteiger partial charge in [-0.25, -0.2) is 8.42 Å². The van der Waals surface area contributed by atoms with Gasteiger partial charge in [0, 0.05) is 6.07 Å². The van der Waals surface area contributed by atoms with Crippen molar-refractivity contribution < 1.29 is 13.2 Å². The standard InChI is InChI=1S/C14H18N2O3S/c1-19-14-9-11(10-15)7-8-13(14)16-20(17,18)12-5-3-2-4-6-12/h7-9,12,16H,2-6H2,1H3. The minimum Gasteiger partial charge on any atom is -0.495 e. The van der Waals surface area contributed by atoms with Gasteiger partial charge in [-0.1, -0.05) is 19.3 Å². The number of hydrogen-bond donors (Lipinski definition) is 1. The molecule has 0 aliphatic heterocycles. The average Bonchev–Trinajstić information content (AvgIpc) is 2.48. The van der Waals surface area contributed by atoms with Crippen LogP contribution in [0.15, 0.2) is 18.2 Å². The van der Waals surface area contributed by atoms with Crippen LogP contribution in [0.3, 0.4) is 0 Å². The van der Waals surface area contributed by atoms with E-state index in [0.717, 1.165) is 19.3 Å². The number of nitrogens with one attached hydrogen (secondary N) is 1. The molecule has 1 aliphatic rings. The SMILES string of the molecule is COc1cc(C#N)ccc1NS(=O)(=O)C1CCCCC1. The molecule has 1 aliphatic carbocycles. The summed E-state index contributed by atoms with van der Waals surface area (Å²) in [5, 5.41) is 8.50. The van der Waals surface area contributed by atoms with Gasteiger partial charge in [-0.3, -0.25) is 4.72 Å². The van der Waals surface area contributed by atoms with Crippen molar-refractivity contribution in [2.75, 3.05) is 11.8 Å². The van der Waals surface area contributed by atoms with Crippen LogP contribution in [-0.4, -0.2) is 20.8 Å². The summed E-state index contributed by atoms with van der Waals surface area (Å²) in [6.45, 7) is 0. The highest BCUT2D eigenvalue weighted by Gasteiger charge is 2.27. The van der Waals surface area contributed by atoms with E-state index in [1.807, 2.05) is 6.07 Å². The van der Waals surface area contributed by atoms with Crippen molar-refractivity contribution in [2.24, 2.45) is 0 Å². The fourth-order valence-electron chi connectivity index (χ4n) is 2.46. The smallest absolute Gasteiger partial charge is 0.235 e. The molecule has 0 aromatic heterocycles. The number of ether oxygens (including phenoxy) is 1.